The smallest absolute Gasteiger partial charge is 0.335 e. The van der Waals surface area contributed by atoms with E-state index in [0.29, 0.717) is 11.6 Å². The number of benzene rings is 1. The number of aromatic carboxylic acids is 1. The number of hydrogen-bond donors (Lipinski definition) is 2. The van der Waals surface area contributed by atoms with Crippen LogP contribution < -0.4 is 5.32 Å². The average molecular weight is 277 g/mol. The molecule has 1 aliphatic rings. The lowest BCUT2D eigenvalue weighted by Gasteiger charge is -2.37. The lowest BCUT2D eigenvalue weighted by Crippen LogP contribution is -2.52. The number of aryl methyl sites for hydroxylation is 1. The van der Waals surface area contributed by atoms with Crippen LogP contribution in [0.5, 0.6) is 0 Å². The van der Waals surface area contributed by atoms with Crippen molar-refractivity contribution in [3.05, 3.63) is 29.3 Å². The molecule has 1 aliphatic heterocycles. The van der Waals surface area contributed by atoms with Crippen molar-refractivity contribution in [1.29, 1.82) is 0 Å². The normalized spacial score (nSPS) is 20.9. The lowest BCUT2D eigenvalue weighted by molar-refractivity contribution is 0.0696. The van der Waals surface area contributed by atoms with Crippen molar-refractivity contribution in [2.45, 2.75) is 13.0 Å². The van der Waals surface area contributed by atoms with Gasteiger partial charge in [0.05, 0.1) is 5.56 Å². The SMILES string of the molecule is Cc1cc(NCC2CN(C)CCN2C)ccc1C(=O)O. The number of hydrogen-bond acceptors (Lipinski definition) is 4. The van der Waals surface area contributed by atoms with Crippen LogP contribution in [0.1, 0.15) is 15.9 Å². The molecule has 0 aliphatic carbocycles. The van der Waals surface area contributed by atoms with Gasteiger partial charge in [-0.1, -0.05) is 0 Å². The second-order valence-electron chi connectivity index (χ2n) is 5.61. The second-order valence-corrected chi connectivity index (χ2v) is 5.61. The summed E-state index contributed by atoms with van der Waals surface area (Å²) in [5, 5.41) is 12.4. The molecule has 0 amide bonds. The molecule has 1 heterocycles. The first kappa shape index (κ1) is 14.8. The van der Waals surface area contributed by atoms with Gasteiger partial charge >= 0.3 is 5.97 Å². The summed E-state index contributed by atoms with van der Waals surface area (Å²) in [5.74, 6) is -0.873. The predicted octanol–water partition coefficient (Wildman–Crippen LogP) is 1.35. The van der Waals surface area contributed by atoms with Crippen LogP contribution in [0.25, 0.3) is 0 Å². The molecule has 110 valence electrons. The van der Waals surface area contributed by atoms with Crippen molar-refractivity contribution in [2.24, 2.45) is 0 Å². The molecule has 2 rings (SSSR count). The van der Waals surface area contributed by atoms with Crippen molar-refractivity contribution < 1.29 is 9.90 Å². The van der Waals surface area contributed by atoms with E-state index < -0.39 is 5.97 Å². The molecule has 5 nitrogen and oxygen atoms in total. The fourth-order valence-electron chi connectivity index (χ4n) is 2.57. The number of carboxylic acid groups (broad SMARTS) is 1. The van der Waals surface area contributed by atoms with Crippen LogP contribution in [0.3, 0.4) is 0 Å². The number of nitrogens with one attached hydrogen (secondary N) is 1. The van der Waals surface area contributed by atoms with Gasteiger partial charge in [0.15, 0.2) is 0 Å². The fraction of sp³-hybridized carbons (Fsp3) is 0.533. The molecule has 1 atom stereocenters. The minimum Gasteiger partial charge on any atom is -0.478 e. The predicted molar refractivity (Wildman–Crippen MR) is 80.5 cm³/mol. The van der Waals surface area contributed by atoms with Crippen LogP contribution in [-0.2, 0) is 0 Å². The van der Waals surface area contributed by atoms with E-state index in [1.807, 2.05) is 19.1 Å². The molecular formula is C15H23N3O2. The highest BCUT2D eigenvalue weighted by Gasteiger charge is 2.21. The Morgan fingerprint density at radius 3 is 2.80 bits per heavy atom. The summed E-state index contributed by atoms with van der Waals surface area (Å²) in [6, 6.07) is 5.88. The lowest BCUT2D eigenvalue weighted by atomic mass is 10.1. The molecule has 5 heteroatoms. The zero-order valence-corrected chi connectivity index (χ0v) is 12.4. The Bertz CT molecular complexity index is 490. The molecule has 1 saturated heterocycles. The molecule has 0 aromatic heterocycles. The van der Waals surface area contributed by atoms with Crippen molar-refractivity contribution in [1.82, 2.24) is 9.80 Å². The van der Waals surface area contributed by atoms with Crippen LogP contribution in [0.15, 0.2) is 18.2 Å². The van der Waals surface area contributed by atoms with Gasteiger partial charge in [-0.05, 0) is 44.8 Å². The molecule has 0 spiro atoms. The maximum Gasteiger partial charge on any atom is 0.335 e. The summed E-state index contributed by atoms with van der Waals surface area (Å²) in [7, 11) is 4.30. The first-order valence-corrected chi connectivity index (χ1v) is 6.94. The third-order valence-electron chi connectivity index (χ3n) is 3.98. The first-order chi connectivity index (χ1) is 9.47. The largest absolute Gasteiger partial charge is 0.478 e. The number of piperazine rings is 1. The summed E-state index contributed by atoms with van der Waals surface area (Å²) in [4.78, 5) is 15.7. The Morgan fingerprint density at radius 2 is 2.15 bits per heavy atom. The maximum absolute atomic E-state index is 11.0. The van der Waals surface area contributed by atoms with Crippen LogP contribution in [-0.4, -0.2) is 67.2 Å². The van der Waals surface area contributed by atoms with E-state index >= 15 is 0 Å². The highest BCUT2D eigenvalue weighted by molar-refractivity contribution is 5.89. The van der Waals surface area contributed by atoms with Crippen molar-refractivity contribution in [3.63, 3.8) is 0 Å². The molecule has 20 heavy (non-hydrogen) atoms. The molecule has 1 aromatic carbocycles. The molecule has 0 bridgehead atoms. The fourth-order valence-corrected chi connectivity index (χ4v) is 2.57. The molecule has 1 aromatic rings. The van der Waals surface area contributed by atoms with Crippen molar-refractivity contribution in [3.8, 4) is 0 Å². The summed E-state index contributed by atoms with van der Waals surface area (Å²) in [6.45, 7) is 5.94. The van der Waals surface area contributed by atoms with Gasteiger partial charge < -0.3 is 15.3 Å². The summed E-state index contributed by atoms with van der Waals surface area (Å²) in [6.07, 6.45) is 0. The van der Waals surface area contributed by atoms with Gasteiger partial charge in [0.25, 0.3) is 0 Å². The second kappa shape index (κ2) is 6.24. The van der Waals surface area contributed by atoms with E-state index in [9.17, 15) is 4.79 Å². The standard InChI is InChI=1S/C15H23N3O2/c1-11-8-12(4-5-14(11)15(19)20)16-9-13-10-17(2)6-7-18(13)3/h4-5,8,13,16H,6-7,9-10H2,1-3H3,(H,19,20). The summed E-state index contributed by atoms with van der Waals surface area (Å²) < 4.78 is 0. The highest BCUT2D eigenvalue weighted by Crippen LogP contribution is 2.16. The minimum atomic E-state index is -0.873. The molecule has 0 radical (unpaired) electrons. The van der Waals surface area contributed by atoms with E-state index in [2.05, 4.69) is 29.2 Å². The Kier molecular flexibility index (Phi) is 4.62. The van der Waals surface area contributed by atoms with Crippen LogP contribution in [0.4, 0.5) is 5.69 Å². The maximum atomic E-state index is 11.0. The van der Waals surface area contributed by atoms with E-state index in [1.165, 1.54) is 0 Å². The van der Waals surface area contributed by atoms with Gasteiger partial charge in [-0.2, -0.15) is 0 Å². The third-order valence-corrected chi connectivity index (χ3v) is 3.98. The number of carbonyl (C=O) groups is 1. The van der Waals surface area contributed by atoms with Gasteiger partial charge in [-0.25, -0.2) is 4.79 Å². The Labute approximate surface area is 120 Å². The number of rotatable bonds is 4. The molecule has 0 saturated carbocycles. The molecule has 2 N–H and O–H groups in total. The monoisotopic (exact) mass is 277 g/mol. The molecular weight excluding hydrogens is 254 g/mol. The zero-order valence-electron chi connectivity index (χ0n) is 12.4. The van der Waals surface area contributed by atoms with E-state index in [-0.39, 0.29) is 0 Å². The number of anilines is 1. The zero-order chi connectivity index (χ0) is 14.7. The number of likely N-dealkylation sites (N-methyl/N-ethyl adjacent to an activating group) is 2. The van der Waals surface area contributed by atoms with Crippen LogP contribution in [0.2, 0.25) is 0 Å². The first-order valence-electron chi connectivity index (χ1n) is 6.94. The van der Waals surface area contributed by atoms with Crippen molar-refractivity contribution >= 4 is 11.7 Å². The number of nitrogens with zero attached hydrogens (tertiary/aromatic N) is 2. The quantitative estimate of drug-likeness (QED) is 0.870. The van der Waals surface area contributed by atoms with Gasteiger partial charge in [-0.3, -0.25) is 4.90 Å². The van der Waals surface area contributed by atoms with Crippen molar-refractivity contribution in [2.75, 3.05) is 45.6 Å². The van der Waals surface area contributed by atoms with Gasteiger partial charge in [-0.15, -0.1) is 0 Å². The summed E-state index contributed by atoms with van der Waals surface area (Å²) in [5.41, 5.74) is 2.14. The topological polar surface area (TPSA) is 55.8 Å². The highest BCUT2D eigenvalue weighted by atomic mass is 16.4. The minimum absolute atomic E-state index is 0.366. The summed E-state index contributed by atoms with van der Waals surface area (Å²) >= 11 is 0. The van der Waals surface area contributed by atoms with E-state index in [1.54, 1.807) is 6.07 Å². The van der Waals surface area contributed by atoms with Gasteiger partial charge in [0.2, 0.25) is 0 Å². The third kappa shape index (κ3) is 3.49. The van der Waals surface area contributed by atoms with Crippen LogP contribution in [0, 0.1) is 6.92 Å². The van der Waals surface area contributed by atoms with E-state index in [0.717, 1.165) is 37.4 Å². The van der Waals surface area contributed by atoms with Gasteiger partial charge in [0, 0.05) is 37.9 Å². The van der Waals surface area contributed by atoms with Gasteiger partial charge in [0.1, 0.15) is 0 Å². The average Bonchev–Trinajstić information content (AvgIpc) is 2.39. The Hall–Kier alpha value is -1.59. The Balaban J connectivity index is 1.97. The van der Waals surface area contributed by atoms with E-state index in [4.69, 9.17) is 5.11 Å². The van der Waals surface area contributed by atoms with Crippen LogP contribution >= 0.6 is 0 Å². The molecule has 1 fully saturated rings. The molecule has 1 unspecified atom stereocenters. The Morgan fingerprint density at radius 1 is 1.40 bits per heavy atom. The number of carboxylic acids is 1.